The minimum Gasteiger partial charge on any atom is -0.481 e. The third-order valence-corrected chi connectivity index (χ3v) is 5.70. The second-order valence-electron chi connectivity index (χ2n) is 7.58. The quantitative estimate of drug-likeness (QED) is 0.575. The van der Waals surface area contributed by atoms with E-state index in [1.807, 2.05) is 42.2 Å². The summed E-state index contributed by atoms with van der Waals surface area (Å²) in [7, 11) is 0. The van der Waals surface area contributed by atoms with Crippen LogP contribution < -0.4 is 4.74 Å². The molecule has 3 aromatic rings. The summed E-state index contributed by atoms with van der Waals surface area (Å²) in [5, 5.41) is 4.69. The standard InChI is InChI=1S/C23H25ClN4O3/c1-16(22-25-21(26-31-22)18-7-4-3-5-8-18)27-11-13-28(14-12-27)23(29)17(2)30-20-10-6-9-19(24)15-20/h3-10,15-17H,11-14H2,1-2H3. The fourth-order valence-electron chi connectivity index (χ4n) is 3.65. The predicted molar refractivity (Wildman–Crippen MR) is 118 cm³/mol. The van der Waals surface area contributed by atoms with Crippen LogP contribution in [-0.4, -0.2) is 58.1 Å². The van der Waals surface area contributed by atoms with Crippen LogP contribution in [-0.2, 0) is 4.79 Å². The molecule has 162 valence electrons. The fraction of sp³-hybridized carbons (Fsp3) is 0.348. The van der Waals surface area contributed by atoms with E-state index in [1.54, 1.807) is 31.2 Å². The van der Waals surface area contributed by atoms with E-state index in [2.05, 4.69) is 15.0 Å². The largest absolute Gasteiger partial charge is 0.481 e. The van der Waals surface area contributed by atoms with E-state index in [4.69, 9.17) is 20.9 Å². The summed E-state index contributed by atoms with van der Waals surface area (Å²) < 4.78 is 11.3. The zero-order valence-electron chi connectivity index (χ0n) is 17.6. The smallest absolute Gasteiger partial charge is 0.263 e. The van der Waals surface area contributed by atoms with Crippen molar-refractivity contribution >= 4 is 17.5 Å². The Morgan fingerprint density at radius 2 is 1.81 bits per heavy atom. The lowest BCUT2D eigenvalue weighted by Crippen LogP contribution is -2.52. The average molecular weight is 441 g/mol. The topological polar surface area (TPSA) is 71.7 Å². The lowest BCUT2D eigenvalue weighted by molar-refractivity contribution is -0.140. The number of carbonyl (C=O) groups excluding carboxylic acids is 1. The Labute approximate surface area is 186 Å². The van der Waals surface area contributed by atoms with Gasteiger partial charge in [-0.1, -0.05) is 53.2 Å². The highest BCUT2D eigenvalue weighted by atomic mass is 35.5. The Balaban J connectivity index is 1.32. The highest BCUT2D eigenvalue weighted by Crippen LogP contribution is 2.24. The number of hydrogen-bond donors (Lipinski definition) is 0. The molecule has 7 nitrogen and oxygen atoms in total. The van der Waals surface area contributed by atoms with Gasteiger partial charge in [-0.05, 0) is 32.0 Å². The van der Waals surface area contributed by atoms with Gasteiger partial charge in [-0.15, -0.1) is 0 Å². The van der Waals surface area contributed by atoms with E-state index >= 15 is 0 Å². The van der Waals surface area contributed by atoms with Crippen LogP contribution in [0.4, 0.5) is 0 Å². The van der Waals surface area contributed by atoms with Crippen LogP contribution in [0.5, 0.6) is 5.75 Å². The maximum Gasteiger partial charge on any atom is 0.263 e. The average Bonchev–Trinajstić information content (AvgIpc) is 3.29. The molecule has 2 heterocycles. The van der Waals surface area contributed by atoms with Crippen molar-refractivity contribution in [2.45, 2.75) is 26.0 Å². The number of piperazine rings is 1. The molecule has 1 amide bonds. The third kappa shape index (κ3) is 5.06. The Morgan fingerprint density at radius 1 is 1.06 bits per heavy atom. The van der Waals surface area contributed by atoms with Gasteiger partial charge in [0, 0.05) is 36.8 Å². The zero-order chi connectivity index (χ0) is 21.8. The maximum absolute atomic E-state index is 12.8. The third-order valence-electron chi connectivity index (χ3n) is 5.46. The highest BCUT2D eigenvalue weighted by molar-refractivity contribution is 6.30. The minimum absolute atomic E-state index is 0.0256. The lowest BCUT2D eigenvalue weighted by atomic mass is 10.2. The normalized spacial score (nSPS) is 16.7. The summed E-state index contributed by atoms with van der Waals surface area (Å²) in [6.45, 7) is 6.49. The molecule has 1 aliphatic rings. The van der Waals surface area contributed by atoms with Crippen LogP contribution in [0.1, 0.15) is 25.8 Å². The Kier molecular flexibility index (Phi) is 6.53. The van der Waals surface area contributed by atoms with Crippen molar-refractivity contribution in [3.63, 3.8) is 0 Å². The first-order valence-corrected chi connectivity index (χ1v) is 10.7. The molecule has 0 radical (unpaired) electrons. The van der Waals surface area contributed by atoms with Crippen molar-refractivity contribution in [1.29, 1.82) is 0 Å². The molecule has 31 heavy (non-hydrogen) atoms. The molecule has 0 spiro atoms. The molecule has 2 unspecified atom stereocenters. The number of amides is 1. The van der Waals surface area contributed by atoms with E-state index in [0.717, 1.165) is 18.7 Å². The van der Waals surface area contributed by atoms with Crippen molar-refractivity contribution < 1.29 is 14.1 Å². The number of halogens is 1. The van der Waals surface area contributed by atoms with Gasteiger partial charge in [0.15, 0.2) is 6.10 Å². The van der Waals surface area contributed by atoms with Gasteiger partial charge < -0.3 is 14.2 Å². The second-order valence-corrected chi connectivity index (χ2v) is 8.01. The van der Waals surface area contributed by atoms with Crippen molar-refractivity contribution in [2.75, 3.05) is 26.2 Å². The number of rotatable bonds is 6. The molecule has 0 N–H and O–H groups in total. The number of ether oxygens (including phenoxy) is 1. The Morgan fingerprint density at radius 3 is 2.52 bits per heavy atom. The van der Waals surface area contributed by atoms with Gasteiger partial charge in [0.05, 0.1) is 6.04 Å². The summed E-state index contributed by atoms with van der Waals surface area (Å²) in [5.74, 6) is 1.72. The molecule has 1 fully saturated rings. The van der Waals surface area contributed by atoms with Gasteiger partial charge >= 0.3 is 0 Å². The number of carbonyl (C=O) groups is 1. The van der Waals surface area contributed by atoms with Crippen molar-refractivity contribution in [3.05, 3.63) is 65.5 Å². The van der Waals surface area contributed by atoms with Gasteiger partial charge in [-0.2, -0.15) is 4.98 Å². The zero-order valence-corrected chi connectivity index (χ0v) is 18.3. The summed E-state index contributed by atoms with van der Waals surface area (Å²) in [6, 6.07) is 16.8. The van der Waals surface area contributed by atoms with Crippen LogP contribution in [0.3, 0.4) is 0 Å². The molecule has 8 heteroatoms. The molecule has 2 atom stereocenters. The Hall–Kier alpha value is -2.90. The SMILES string of the molecule is CC(Oc1cccc(Cl)c1)C(=O)N1CCN(C(C)c2nc(-c3ccccc3)no2)CC1. The van der Waals surface area contributed by atoms with Gasteiger partial charge in [0.1, 0.15) is 5.75 Å². The van der Waals surface area contributed by atoms with Crippen LogP contribution in [0.2, 0.25) is 5.02 Å². The van der Waals surface area contributed by atoms with E-state index in [1.165, 1.54) is 0 Å². The first-order chi connectivity index (χ1) is 15.0. The predicted octanol–water partition coefficient (Wildman–Crippen LogP) is 4.06. The van der Waals surface area contributed by atoms with Gasteiger partial charge in [-0.3, -0.25) is 9.69 Å². The summed E-state index contributed by atoms with van der Waals surface area (Å²) in [4.78, 5) is 21.4. The molecule has 0 bridgehead atoms. The molecule has 2 aromatic carbocycles. The van der Waals surface area contributed by atoms with Gasteiger partial charge in [-0.25, -0.2) is 0 Å². The molecule has 1 aliphatic heterocycles. The number of benzene rings is 2. The van der Waals surface area contributed by atoms with E-state index < -0.39 is 6.10 Å². The highest BCUT2D eigenvalue weighted by Gasteiger charge is 2.30. The van der Waals surface area contributed by atoms with Crippen molar-refractivity contribution in [2.24, 2.45) is 0 Å². The number of hydrogen-bond acceptors (Lipinski definition) is 6. The van der Waals surface area contributed by atoms with Crippen molar-refractivity contribution in [3.8, 4) is 17.1 Å². The van der Waals surface area contributed by atoms with Crippen LogP contribution in [0.25, 0.3) is 11.4 Å². The van der Waals surface area contributed by atoms with E-state index in [9.17, 15) is 4.79 Å². The minimum atomic E-state index is -0.577. The fourth-order valence-corrected chi connectivity index (χ4v) is 3.83. The molecule has 4 rings (SSSR count). The van der Waals surface area contributed by atoms with Gasteiger partial charge in [0.25, 0.3) is 5.91 Å². The molecule has 1 saturated heterocycles. The van der Waals surface area contributed by atoms with Crippen LogP contribution >= 0.6 is 11.6 Å². The molecule has 0 aliphatic carbocycles. The number of aromatic nitrogens is 2. The monoisotopic (exact) mass is 440 g/mol. The molecular weight excluding hydrogens is 416 g/mol. The van der Waals surface area contributed by atoms with E-state index in [-0.39, 0.29) is 11.9 Å². The molecule has 0 saturated carbocycles. The van der Waals surface area contributed by atoms with Gasteiger partial charge in [0.2, 0.25) is 11.7 Å². The first-order valence-electron chi connectivity index (χ1n) is 10.4. The summed E-state index contributed by atoms with van der Waals surface area (Å²) >= 11 is 5.99. The molecular formula is C23H25ClN4O3. The Bertz CT molecular complexity index is 1020. The van der Waals surface area contributed by atoms with E-state index in [0.29, 0.717) is 35.6 Å². The maximum atomic E-state index is 12.8. The van der Waals surface area contributed by atoms with Crippen LogP contribution in [0.15, 0.2) is 59.1 Å². The number of nitrogens with zero attached hydrogens (tertiary/aromatic N) is 4. The lowest BCUT2D eigenvalue weighted by Gasteiger charge is -2.37. The van der Waals surface area contributed by atoms with Crippen molar-refractivity contribution in [1.82, 2.24) is 19.9 Å². The molecule has 1 aromatic heterocycles. The summed E-state index contributed by atoms with van der Waals surface area (Å²) in [5.41, 5.74) is 0.925. The second kappa shape index (κ2) is 9.49. The van der Waals surface area contributed by atoms with Crippen LogP contribution in [0, 0.1) is 0 Å². The first kappa shape index (κ1) is 21.3. The summed E-state index contributed by atoms with van der Waals surface area (Å²) in [6.07, 6.45) is -0.577.